The lowest BCUT2D eigenvalue weighted by molar-refractivity contribution is -0.142. The molecule has 0 radical (unpaired) electrons. The average molecular weight is 277 g/mol. The summed E-state index contributed by atoms with van der Waals surface area (Å²) in [5, 5.41) is 9.03. The first-order valence-corrected chi connectivity index (χ1v) is 7.28. The first-order valence-electron chi connectivity index (χ1n) is 5.67. The molecule has 3 unspecified atom stereocenters. The SMILES string of the molecule is COC(=O)CS(=O)(=O)N1C2CCC1C(C(=O)O)C2. The maximum absolute atomic E-state index is 12.1. The fourth-order valence-corrected chi connectivity index (χ4v) is 4.80. The third-order valence-corrected chi connectivity index (χ3v) is 5.45. The smallest absolute Gasteiger partial charge is 0.322 e. The summed E-state index contributed by atoms with van der Waals surface area (Å²) >= 11 is 0. The molecular weight excluding hydrogens is 262 g/mol. The van der Waals surface area contributed by atoms with Gasteiger partial charge in [-0.25, -0.2) is 8.42 Å². The van der Waals surface area contributed by atoms with Crippen LogP contribution >= 0.6 is 0 Å². The highest BCUT2D eigenvalue weighted by Crippen LogP contribution is 2.43. The molecule has 8 heteroatoms. The van der Waals surface area contributed by atoms with Gasteiger partial charge in [-0.1, -0.05) is 0 Å². The number of aliphatic carboxylic acids is 1. The van der Waals surface area contributed by atoms with E-state index in [0.717, 1.165) is 7.11 Å². The van der Waals surface area contributed by atoms with Crippen molar-refractivity contribution in [2.24, 2.45) is 5.92 Å². The second kappa shape index (κ2) is 4.51. The van der Waals surface area contributed by atoms with Gasteiger partial charge in [-0.3, -0.25) is 9.59 Å². The molecule has 3 atom stereocenters. The van der Waals surface area contributed by atoms with E-state index in [-0.39, 0.29) is 6.04 Å². The van der Waals surface area contributed by atoms with E-state index in [9.17, 15) is 18.0 Å². The number of carbonyl (C=O) groups excluding carboxylic acids is 1. The van der Waals surface area contributed by atoms with E-state index in [0.29, 0.717) is 19.3 Å². The summed E-state index contributed by atoms with van der Waals surface area (Å²) in [6.07, 6.45) is 1.54. The van der Waals surface area contributed by atoms with Crippen LogP contribution in [-0.2, 0) is 24.3 Å². The molecule has 0 saturated carbocycles. The number of methoxy groups -OCH3 is 1. The Hall–Kier alpha value is -1.15. The van der Waals surface area contributed by atoms with E-state index >= 15 is 0 Å². The summed E-state index contributed by atoms with van der Waals surface area (Å²) in [6, 6.07) is -0.798. The Labute approximate surface area is 105 Å². The van der Waals surface area contributed by atoms with Gasteiger partial charge in [-0.05, 0) is 19.3 Å². The second-order valence-corrected chi connectivity index (χ2v) is 6.52. The molecule has 7 nitrogen and oxygen atoms in total. The van der Waals surface area contributed by atoms with Crippen LogP contribution in [0.1, 0.15) is 19.3 Å². The van der Waals surface area contributed by atoms with Gasteiger partial charge in [-0.2, -0.15) is 4.31 Å². The van der Waals surface area contributed by atoms with Gasteiger partial charge < -0.3 is 9.84 Å². The normalized spacial score (nSPS) is 31.5. The number of carboxylic acid groups (broad SMARTS) is 1. The van der Waals surface area contributed by atoms with Crippen molar-refractivity contribution in [1.29, 1.82) is 0 Å². The number of fused-ring (bicyclic) bond motifs is 2. The van der Waals surface area contributed by atoms with Gasteiger partial charge in [-0.15, -0.1) is 0 Å². The van der Waals surface area contributed by atoms with Crippen LogP contribution in [0.3, 0.4) is 0 Å². The molecule has 2 fully saturated rings. The summed E-state index contributed by atoms with van der Waals surface area (Å²) in [5.74, 6) is -3.17. The lowest BCUT2D eigenvalue weighted by Crippen LogP contribution is -2.40. The maximum atomic E-state index is 12.1. The number of rotatable bonds is 4. The Balaban J connectivity index is 2.20. The van der Waals surface area contributed by atoms with Crippen molar-refractivity contribution in [2.45, 2.75) is 31.3 Å². The summed E-state index contributed by atoms with van der Waals surface area (Å²) in [6.45, 7) is 0. The van der Waals surface area contributed by atoms with Crippen LogP contribution in [0, 0.1) is 5.92 Å². The van der Waals surface area contributed by atoms with Crippen molar-refractivity contribution in [1.82, 2.24) is 4.31 Å². The van der Waals surface area contributed by atoms with Crippen LogP contribution < -0.4 is 0 Å². The van der Waals surface area contributed by atoms with E-state index < -0.39 is 39.7 Å². The van der Waals surface area contributed by atoms with Crippen LogP contribution in [0.25, 0.3) is 0 Å². The van der Waals surface area contributed by atoms with E-state index in [1.54, 1.807) is 0 Å². The minimum Gasteiger partial charge on any atom is -0.481 e. The van der Waals surface area contributed by atoms with Crippen molar-refractivity contribution < 1.29 is 27.9 Å². The number of esters is 1. The molecule has 18 heavy (non-hydrogen) atoms. The van der Waals surface area contributed by atoms with Crippen LogP contribution in [0.4, 0.5) is 0 Å². The highest BCUT2D eigenvalue weighted by Gasteiger charge is 2.54. The van der Waals surface area contributed by atoms with Gasteiger partial charge in [0, 0.05) is 12.1 Å². The first-order chi connectivity index (χ1) is 8.36. The van der Waals surface area contributed by atoms with Gasteiger partial charge >= 0.3 is 11.9 Å². The Morgan fingerprint density at radius 2 is 2.06 bits per heavy atom. The summed E-state index contributed by atoms with van der Waals surface area (Å²) < 4.78 is 29.7. The lowest BCUT2D eigenvalue weighted by Gasteiger charge is -2.21. The van der Waals surface area contributed by atoms with Crippen molar-refractivity contribution >= 4 is 22.0 Å². The zero-order valence-electron chi connectivity index (χ0n) is 9.90. The monoisotopic (exact) mass is 277 g/mol. The molecule has 0 spiro atoms. The fourth-order valence-electron chi connectivity index (χ4n) is 2.92. The number of hydrogen-bond acceptors (Lipinski definition) is 5. The Morgan fingerprint density at radius 1 is 1.39 bits per heavy atom. The molecule has 2 saturated heterocycles. The highest BCUT2D eigenvalue weighted by atomic mass is 32.2. The standard InChI is InChI=1S/C10H15NO6S/c1-17-9(12)5-18(15,16)11-6-2-3-8(11)7(4-6)10(13)14/h6-8H,2-5H2,1H3,(H,13,14). The molecule has 2 aliphatic heterocycles. The van der Waals surface area contributed by atoms with Crippen LogP contribution in [-0.4, -0.2) is 54.7 Å². The molecule has 2 heterocycles. The third kappa shape index (κ3) is 2.10. The minimum atomic E-state index is -3.78. The predicted octanol–water partition coefficient (Wildman–Crippen LogP) is -0.573. The van der Waals surface area contributed by atoms with Crippen molar-refractivity contribution in [3.63, 3.8) is 0 Å². The zero-order valence-corrected chi connectivity index (χ0v) is 10.7. The second-order valence-electron chi connectivity index (χ2n) is 4.64. The number of nitrogens with zero attached hydrogens (tertiary/aromatic N) is 1. The highest BCUT2D eigenvalue weighted by molar-refractivity contribution is 7.89. The number of carbonyl (C=O) groups is 2. The van der Waals surface area contributed by atoms with Crippen molar-refractivity contribution in [2.75, 3.05) is 12.9 Å². The molecule has 0 aromatic rings. The number of hydrogen-bond donors (Lipinski definition) is 1. The topological polar surface area (TPSA) is 101 Å². The Morgan fingerprint density at radius 3 is 2.56 bits per heavy atom. The zero-order chi connectivity index (χ0) is 13.5. The van der Waals surface area contributed by atoms with E-state index in [1.807, 2.05) is 0 Å². The number of sulfonamides is 1. The number of ether oxygens (including phenoxy) is 1. The molecule has 2 aliphatic rings. The third-order valence-electron chi connectivity index (χ3n) is 3.64. The van der Waals surface area contributed by atoms with E-state index in [2.05, 4.69) is 4.74 Å². The van der Waals surface area contributed by atoms with Gasteiger partial charge in [0.25, 0.3) is 0 Å². The molecule has 2 rings (SSSR count). The lowest BCUT2D eigenvalue weighted by atomic mass is 9.89. The molecule has 2 bridgehead atoms. The van der Waals surface area contributed by atoms with E-state index in [1.165, 1.54) is 4.31 Å². The minimum absolute atomic E-state index is 0.286. The molecule has 1 N–H and O–H groups in total. The molecule has 0 aliphatic carbocycles. The summed E-state index contributed by atoms with van der Waals surface area (Å²) in [7, 11) is -2.66. The quantitative estimate of drug-likeness (QED) is 0.690. The van der Waals surface area contributed by atoms with Gasteiger partial charge in [0.2, 0.25) is 10.0 Å². The molecule has 0 aromatic carbocycles. The van der Waals surface area contributed by atoms with Crippen LogP contribution in [0.15, 0.2) is 0 Å². The molecule has 102 valence electrons. The first kappa shape index (κ1) is 13.3. The fraction of sp³-hybridized carbons (Fsp3) is 0.800. The van der Waals surface area contributed by atoms with E-state index in [4.69, 9.17) is 5.11 Å². The van der Waals surface area contributed by atoms with Crippen LogP contribution in [0.5, 0.6) is 0 Å². The summed E-state index contributed by atoms with van der Waals surface area (Å²) in [5.41, 5.74) is 0. The largest absolute Gasteiger partial charge is 0.481 e. The Bertz CT molecular complexity index is 473. The maximum Gasteiger partial charge on any atom is 0.322 e. The van der Waals surface area contributed by atoms with Gasteiger partial charge in [0.05, 0.1) is 13.0 Å². The van der Waals surface area contributed by atoms with Gasteiger partial charge in [0.15, 0.2) is 5.75 Å². The van der Waals surface area contributed by atoms with Crippen molar-refractivity contribution in [3.8, 4) is 0 Å². The van der Waals surface area contributed by atoms with Crippen LogP contribution in [0.2, 0.25) is 0 Å². The van der Waals surface area contributed by atoms with Gasteiger partial charge in [0.1, 0.15) is 0 Å². The number of carboxylic acids is 1. The molecule has 0 aromatic heterocycles. The molecular formula is C10H15NO6S. The Kier molecular flexibility index (Phi) is 3.33. The summed E-state index contributed by atoms with van der Waals surface area (Å²) in [4.78, 5) is 22.1. The predicted molar refractivity (Wildman–Crippen MR) is 60.2 cm³/mol. The van der Waals surface area contributed by atoms with Crippen molar-refractivity contribution in [3.05, 3.63) is 0 Å². The average Bonchev–Trinajstić information content (AvgIpc) is 2.85. The molecule has 0 amide bonds.